The summed E-state index contributed by atoms with van der Waals surface area (Å²) in [6.07, 6.45) is 0.873. The Hall–Kier alpha value is -2.70. The van der Waals surface area contributed by atoms with Crippen LogP contribution in [0.2, 0.25) is 0 Å². The summed E-state index contributed by atoms with van der Waals surface area (Å²) >= 11 is 0. The quantitative estimate of drug-likeness (QED) is 0.802. The van der Waals surface area contributed by atoms with Gasteiger partial charge >= 0.3 is 0 Å². The number of nitrogens with zero attached hydrogens (tertiary/aromatic N) is 4. The Bertz CT molecular complexity index is 672. The zero-order valence-electron chi connectivity index (χ0n) is 10.8. The third-order valence-electron chi connectivity index (χ3n) is 3.43. The number of rotatable bonds is 2. The van der Waals surface area contributed by atoms with E-state index >= 15 is 0 Å². The van der Waals surface area contributed by atoms with Crippen molar-refractivity contribution in [2.45, 2.75) is 13.0 Å². The van der Waals surface area contributed by atoms with Crippen LogP contribution in [0.1, 0.15) is 11.1 Å². The van der Waals surface area contributed by atoms with E-state index in [-0.39, 0.29) is 17.5 Å². The lowest BCUT2D eigenvalue weighted by Crippen LogP contribution is -2.31. The third-order valence-corrected chi connectivity index (χ3v) is 3.43. The molecule has 4 N–H and O–H groups in total. The minimum Gasteiger partial charge on any atom is -0.382 e. The lowest BCUT2D eigenvalue weighted by Gasteiger charge is -2.30. The third kappa shape index (κ3) is 2.03. The summed E-state index contributed by atoms with van der Waals surface area (Å²) in [4.78, 5) is 20.8. The first-order valence-corrected chi connectivity index (χ1v) is 6.27. The summed E-state index contributed by atoms with van der Waals surface area (Å²) in [5, 5.41) is 2.95. The van der Waals surface area contributed by atoms with E-state index in [9.17, 15) is 4.91 Å². The van der Waals surface area contributed by atoms with Crippen LogP contribution in [-0.4, -0.2) is 16.5 Å². The molecule has 1 aromatic carbocycles. The van der Waals surface area contributed by atoms with Gasteiger partial charge in [-0.25, -0.2) is 0 Å². The topological polar surface area (TPSA) is 110 Å². The van der Waals surface area contributed by atoms with Crippen LogP contribution in [0.15, 0.2) is 29.4 Å². The van der Waals surface area contributed by atoms with E-state index in [0.29, 0.717) is 12.4 Å². The molecule has 1 aliphatic rings. The van der Waals surface area contributed by atoms with Gasteiger partial charge in [-0.05, 0) is 22.7 Å². The van der Waals surface area contributed by atoms with Crippen molar-refractivity contribution in [2.24, 2.45) is 5.18 Å². The van der Waals surface area contributed by atoms with E-state index in [1.807, 2.05) is 17.0 Å². The van der Waals surface area contributed by atoms with Crippen LogP contribution >= 0.6 is 0 Å². The number of nitroso groups, excluding NO2 is 1. The highest BCUT2D eigenvalue weighted by Gasteiger charge is 2.22. The Labute approximate surface area is 115 Å². The first kappa shape index (κ1) is 12.3. The molecule has 7 heteroatoms. The summed E-state index contributed by atoms with van der Waals surface area (Å²) in [5.74, 6) is 0.463. The number of benzene rings is 1. The van der Waals surface area contributed by atoms with Crippen LogP contribution in [0, 0.1) is 4.91 Å². The van der Waals surface area contributed by atoms with E-state index in [4.69, 9.17) is 11.5 Å². The summed E-state index contributed by atoms with van der Waals surface area (Å²) in [6, 6.07) is 8.18. The first-order valence-electron chi connectivity index (χ1n) is 6.27. The van der Waals surface area contributed by atoms with E-state index in [0.717, 1.165) is 13.0 Å². The van der Waals surface area contributed by atoms with Crippen molar-refractivity contribution in [2.75, 3.05) is 22.9 Å². The van der Waals surface area contributed by atoms with Crippen molar-refractivity contribution < 1.29 is 0 Å². The molecule has 7 nitrogen and oxygen atoms in total. The van der Waals surface area contributed by atoms with Crippen molar-refractivity contribution in [3.8, 4) is 0 Å². The highest BCUT2D eigenvalue weighted by molar-refractivity contribution is 5.74. The number of nitrogen functional groups attached to an aromatic ring is 2. The Morgan fingerprint density at radius 3 is 2.65 bits per heavy atom. The molecule has 0 amide bonds. The minimum atomic E-state index is 0.0151. The number of hydrogen-bond acceptors (Lipinski definition) is 7. The molecule has 0 unspecified atom stereocenters. The van der Waals surface area contributed by atoms with Gasteiger partial charge in [-0.1, -0.05) is 24.3 Å². The first-order chi connectivity index (χ1) is 9.69. The molecule has 0 saturated carbocycles. The second-order valence-electron chi connectivity index (χ2n) is 4.67. The van der Waals surface area contributed by atoms with Gasteiger partial charge in [0.05, 0.1) is 0 Å². The molecule has 0 bridgehead atoms. The molecular formula is C13H14N6O. The van der Waals surface area contributed by atoms with Crippen LogP contribution in [0.3, 0.4) is 0 Å². The number of hydrogen-bond donors (Lipinski definition) is 2. The van der Waals surface area contributed by atoms with Crippen molar-refractivity contribution in [1.82, 2.24) is 9.97 Å². The van der Waals surface area contributed by atoms with Gasteiger partial charge in [0.2, 0.25) is 5.95 Å². The predicted octanol–water partition coefficient (Wildman–Crippen LogP) is 1.60. The fourth-order valence-electron chi connectivity index (χ4n) is 2.46. The van der Waals surface area contributed by atoms with Crippen LogP contribution in [-0.2, 0) is 13.0 Å². The van der Waals surface area contributed by atoms with E-state index in [1.165, 1.54) is 11.1 Å². The molecule has 0 atom stereocenters. The highest BCUT2D eigenvalue weighted by Crippen LogP contribution is 2.34. The van der Waals surface area contributed by atoms with E-state index in [1.54, 1.807) is 0 Å². The summed E-state index contributed by atoms with van der Waals surface area (Å²) in [6.45, 7) is 1.38. The normalized spacial score (nSPS) is 13.9. The lowest BCUT2D eigenvalue weighted by atomic mass is 10.00. The standard InChI is InChI=1S/C13H14N6O/c14-11-10(18-20)12(17-13(15)16-11)19-6-5-8-3-1-2-4-9(8)7-19/h1-4H,5-7H2,(H4,14,15,16,17). The van der Waals surface area contributed by atoms with Gasteiger partial charge in [0, 0.05) is 13.1 Å². The smallest absolute Gasteiger partial charge is 0.224 e. The fourth-order valence-corrected chi connectivity index (χ4v) is 2.46. The predicted molar refractivity (Wildman–Crippen MR) is 77.5 cm³/mol. The second kappa shape index (κ2) is 4.76. The Balaban J connectivity index is 2.01. The van der Waals surface area contributed by atoms with Crippen molar-refractivity contribution in [1.29, 1.82) is 0 Å². The zero-order chi connectivity index (χ0) is 14.1. The van der Waals surface area contributed by atoms with Crippen LogP contribution in [0.4, 0.5) is 23.3 Å². The molecule has 102 valence electrons. The van der Waals surface area contributed by atoms with Gasteiger partial charge < -0.3 is 16.4 Å². The molecule has 0 aliphatic carbocycles. The molecule has 1 aliphatic heterocycles. The Kier molecular flexibility index (Phi) is 2.94. The molecule has 1 aromatic heterocycles. The fraction of sp³-hybridized carbons (Fsp3) is 0.231. The number of nitrogens with two attached hydrogens (primary N) is 2. The Morgan fingerprint density at radius 2 is 1.90 bits per heavy atom. The van der Waals surface area contributed by atoms with Crippen LogP contribution in [0.25, 0.3) is 0 Å². The maximum absolute atomic E-state index is 11.0. The molecule has 0 spiro atoms. The van der Waals surface area contributed by atoms with Crippen molar-refractivity contribution >= 4 is 23.3 Å². The maximum Gasteiger partial charge on any atom is 0.224 e. The summed E-state index contributed by atoms with van der Waals surface area (Å²) < 4.78 is 0. The van der Waals surface area contributed by atoms with Crippen molar-refractivity contribution in [3.05, 3.63) is 40.3 Å². The van der Waals surface area contributed by atoms with Crippen LogP contribution < -0.4 is 16.4 Å². The monoisotopic (exact) mass is 270 g/mol. The van der Waals surface area contributed by atoms with Gasteiger partial charge in [0.15, 0.2) is 17.3 Å². The number of fused-ring (bicyclic) bond motifs is 1. The van der Waals surface area contributed by atoms with Gasteiger partial charge in [0.1, 0.15) is 0 Å². The number of anilines is 3. The van der Waals surface area contributed by atoms with E-state index < -0.39 is 0 Å². The molecule has 2 heterocycles. The zero-order valence-corrected chi connectivity index (χ0v) is 10.8. The van der Waals surface area contributed by atoms with E-state index in [2.05, 4.69) is 27.3 Å². The van der Waals surface area contributed by atoms with Gasteiger partial charge in [-0.2, -0.15) is 9.97 Å². The second-order valence-corrected chi connectivity index (χ2v) is 4.67. The average molecular weight is 270 g/mol. The molecule has 0 fully saturated rings. The summed E-state index contributed by atoms with van der Waals surface area (Å²) in [5.41, 5.74) is 13.9. The van der Waals surface area contributed by atoms with Gasteiger partial charge in [0.25, 0.3) is 0 Å². The number of aromatic nitrogens is 2. The van der Waals surface area contributed by atoms with Gasteiger partial charge in [-0.3, -0.25) is 0 Å². The molecule has 0 saturated heterocycles. The highest BCUT2D eigenvalue weighted by atomic mass is 16.3. The Morgan fingerprint density at radius 1 is 1.15 bits per heavy atom. The van der Waals surface area contributed by atoms with Gasteiger partial charge in [-0.15, -0.1) is 4.91 Å². The molecular weight excluding hydrogens is 256 g/mol. The molecule has 0 radical (unpaired) electrons. The molecule has 20 heavy (non-hydrogen) atoms. The lowest BCUT2D eigenvalue weighted by molar-refractivity contribution is 0.721. The van der Waals surface area contributed by atoms with Crippen molar-refractivity contribution in [3.63, 3.8) is 0 Å². The molecule has 3 rings (SSSR count). The summed E-state index contributed by atoms with van der Waals surface area (Å²) in [7, 11) is 0. The minimum absolute atomic E-state index is 0.0151. The molecule has 2 aromatic rings. The SMILES string of the molecule is Nc1nc(N)c(N=O)c(N2CCc3ccccc3C2)n1. The maximum atomic E-state index is 11.0. The van der Waals surface area contributed by atoms with Crippen LogP contribution in [0.5, 0.6) is 0 Å². The average Bonchev–Trinajstić information content (AvgIpc) is 2.46. The largest absolute Gasteiger partial charge is 0.382 e.